The Morgan fingerprint density at radius 2 is 0.683 bits per heavy atom. The van der Waals surface area contributed by atoms with E-state index in [1.54, 1.807) is 0 Å². The quantitative estimate of drug-likeness (QED) is 0.0461. The van der Waals surface area contributed by atoms with Crippen LogP contribution < -0.4 is 5.32 Å². The van der Waals surface area contributed by atoms with Crippen molar-refractivity contribution in [1.82, 2.24) is 5.32 Å². The Morgan fingerprint density at radius 3 is 1.02 bits per heavy atom. The Hall–Kier alpha value is -2.12. The molecule has 0 fully saturated rings. The van der Waals surface area contributed by atoms with Crippen LogP contribution in [0.2, 0.25) is 0 Å². The lowest BCUT2D eigenvalue weighted by Crippen LogP contribution is -2.40. The maximum Gasteiger partial charge on any atom is 0.326 e. The number of amides is 1. The number of carboxylic acid groups (broad SMARTS) is 1. The van der Waals surface area contributed by atoms with Gasteiger partial charge in [-0.2, -0.15) is 0 Å². The van der Waals surface area contributed by atoms with Crippen LogP contribution in [0.3, 0.4) is 0 Å². The summed E-state index contributed by atoms with van der Waals surface area (Å²) in [5, 5.41) is 12.6. The maximum atomic E-state index is 12.9. The molecule has 0 bridgehead atoms. The second-order valence-corrected chi connectivity index (χ2v) is 19.2. The number of ether oxygens (including phenoxy) is 2. The number of carbonyl (C=O) groups excluding carboxylic acids is 3. The second-order valence-electron chi connectivity index (χ2n) is 19.2. The van der Waals surface area contributed by atoms with E-state index in [9.17, 15) is 24.3 Å². The van der Waals surface area contributed by atoms with Gasteiger partial charge in [0.05, 0.1) is 0 Å². The minimum absolute atomic E-state index is 0.0230. The molecule has 0 rings (SSSR count). The fourth-order valence-corrected chi connectivity index (χ4v) is 8.63. The first kappa shape index (κ1) is 60.9. The normalized spacial score (nSPS) is 12.3. The highest BCUT2D eigenvalue weighted by atomic mass is 16.6. The van der Waals surface area contributed by atoms with Gasteiger partial charge in [-0.1, -0.05) is 252 Å². The van der Waals surface area contributed by atoms with E-state index in [2.05, 4.69) is 26.1 Å². The Balaban J connectivity index is 4.59. The first-order chi connectivity index (χ1) is 30.8. The van der Waals surface area contributed by atoms with Gasteiger partial charge >= 0.3 is 17.9 Å². The van der Waals surface area contributed by atoms with E-state index >= 15 is 0 Å². The van der Waals surface area contributed by atoms with Crippen molar-refractivity contribution in [3.63, 3.8) is 0 Å². The molecule has 63 heavy (non-hydrogen) atoms. The smallest absolute Gasteiger partial charge is 0.326 e. The number of carboxylic acids is 1. The van der Waals surface area contributed by atoms with Crippen molar-refractivity contribution in [2.45, 2.75) is 322 Å². The molecule has 0 aromatic rings. The molecule has 0 spiro atoms. The molecular weight excluding hydrogens is 787 g/mol. The highest BCUT2D eigenvalue weighted by molar-refractivity contribution is 5.83. The van der Waals surface area contributed by atoms with E-state index in [0.29, 0.717) is 32.1 Å². The van der Waals surface area contributed by atoms with Crippen LogP contribution in [0.15, 0.2) is 0 Å². The summed E-state index contributed by atoms with van der Waals surface area (Å²) in [5.74, 6) is -1.86. The van der Waals surface area contributed by atoms with Gasteiger partial charge in [0.1, 0.15) is 18.8 Å². The third-order valence-corrected chi connectivity index (χ3v) is 12.9. The molecule has 0 aliphatic heterocycles. The number of hydrogen-bond donors (Lipinski definition) is 2. The van der Waals surface area contributed by atoms with Crippen molar-refractivity contribution >= 4 is 23.8 Å². The lowest BCUT2D eigenvalue weighted by Gasteiger charge is -2.20. The van der Waals surface area contributed by atoms with Crippen LogP contribution in [0, 0.1) is 0 Å². The zero-order valence-electron chi connectivity index (χ0n) is 42.1. The Kier molecular flexibility index (Phi) is 47.7. The predicted octanol–water partition coefficient (Wildman–Crippen LogP) is 16.6. The molecule has 0 saturated carbocycles. The number of carbonyl (C=O) groups is 4. The van der Waals surface area contributed by atoms with Crippen LogP contribution in [-0.4, -0.2) is 47.7 Å². The Morgan fingerprint density at radius 1 is 0.381 bits per heavy atom. The molecule has 372 valence electrons. The van der Waals surface area contributed by atoms with Crippen molar-refractivity contribution < 1.29 is 33.8 Å². The summed E-state index contributed by atoms with van der Waals surface area (Å²) in [6.07, 6.45) is 49.5. The van der Waals surface area contributed by atoms with Crippen LogP contribution in [0.25, 0.3) is 0 Å². The van der Waals surface area contributed by atoms with Gasteiger partial charge in [0.15, 0.2) is 0 Å². The monoisotopic (exact) mass is 892 g/mol. The molecule has 0 saturated heterocycles. The summed E-state index contributed by atoms with van der Waals surface area (Å²) in [5.41, 5.74) is 0. The minimum Gasteiger partial charge on any atom is -0.480 e. The van der Waals surface area contributed by atoms with Gasteiger partial charge in [-0.05, 0) is 38.5 Å². The number of unbranched alkanes of at least 4 members (excludes halogenated alkanes) is 36. The van der Waals surface area contributed by atoms with Crippen molar-refractivity contribution in [2.75, 3.05) is 6.61 Å². The molecule has 1 amide bonds. The van der Waals surface area contributed by atoms with Gasteiger partial charge in [-0.25, -0.2) is 4.79 Å². The number of rotatable bonds is 51. The van der Waals surface area contributed by atoms with Gasteiger partial charge < -0.3 is 19.9 Å². The maximum absolute atomic E-state index is 12.9. The van der Waals surface area contributed by atoms with Crippen LogP contribution in [-0.2, 0) is 28.7 Å². The molecule has 8 nitrogen and oxygen atoms in total. The SMILES string of the molecule is CCCCCCCCCCCCCCCC(=O)NC(CCCC(COC(=O)CCCCCCCCCCCCCCC)OC(=O)CCCCCCCCCCCCCCC)C(=O)O. The molecule has 0 aromatic heterocycles. The molecule has 8 heteroatoms. The van der Waals surface area contributed by atoms with Crippen LogP contribution in [0.5, 0.6) is 0 Å². The highest BCUT2D eigenvalue weighted by Gasteiger charge is 2.22. The molecule has 0 aliphatic rings. The zero-order valence-corrected chi connectivity index (χ0v) is 42.1. The van der Waals surface area contributed by atoms with Gasteiger partial charge in [0.2, 0.25) is 5.91 Å². The lowest BCUT2D eigenvalue weighted by molar-refractivity contribution is -0.159. The number of aliphatic carboxylic acids is 1. The molecule has 0 aliphatic carbocycles. The fourth-order valence-electron chi connectivity index (χ4n) is 8.63. The van der Waals surface area contributed by atoms with Crippen molar-refractivity contribution in [3.05, 3.63) is 0 Å². The van der Waals surface area contributed by atoms with Crippen LogP contribution in [0.1, 0.15) is 310 Å². The fraction of sp³-hybridized carbons (Fsp3) is 0.927. The van der Waals surface area contributed by atoms with Gasteiger partial charge in [-0.15, -0.1) is 0 Å². The van der Waals surface area contributed by atoms with E-state index in [4.69, 9.17) is 9.47 Å². The standard InChI is InChI=1S/C55H105NO7/c1-4-7-10-13-16-19-22-25-28-31-34-37-40-46-52(57)56-51(55(60)61)45-43-44-50(63-54(59)48-42-39-36-33-30-27-24-21-18-15-12-9-6-3)49-62-53(58)47-41-38-35-32-29-26-23-20-17-14-11-8-5-2/h50-51H,4-49H2,1-3H3,(H,56,57)(H,60,61). The zero-order chi connectivity index (χ0) is 46.1. The minimum atomic E-state index is -1.06. The summed E-state index contributed by atoms with van der Waals surface area (Å²) in [7, 11) is 0. The number of nitrogens with one attached hydrogen (secondary N) is 1. The summed E-state index contributed by atoms with van der Waals surface area (Å²) in [4.78, 5) is 50.4. The number of hydrogen-bond acceptors (Lipinski definition) is 6. The van der Waals surface area contributed by atoms with Crippen LogP contribution >= 0.6 is 0 Å². The molecule has 0 heterocycles. The summed E-state index contributed by atoms with van der Waals surface area (Å²) < 4.78 is 11.4. The summed E-state index contributed by atoms with van der Waals surface area (Å²) in [6, 6.07) is -1.00. The largest absolute Gasteiger partial charge is 0.480 e. The molecular formula is C55H105NO7. The average Bonchev–Trinajstić information content (AvgIpc) is 3.27. The van der Waals surface area contributed by atoms with Crippen molar-refractivity contribution in [1.29, 1.82) is 0 Å². The summed E-state index contributed by atoms with van der Waals surface area (Å²) in [6.45, 7) is 6.75. The second kappa shape index (κ2) is 49.3. The van der Waals surface area contributed by atoms with E-state index < -0.39 is 18.1 Å². The molecule has 0 aromatic carbocycles. The predicted molar refractivity (Wildman–Crippen MR) is 265 cm³/mol. The molecule has 2 N–H and O–H groups in total. The summed E-state index contributed by atoms with van der Waals surface area (Å²) >= 11 is 0. The van der Waals surface area contributed by atoms with Gasteiger partial charge in [0.25, 0.3) is 0 Å². The Bertz CT molecular complexity index is 1020. The van der Waals surface area contributed by atoms with Gasteiger partial charge in [-0.3, -0.25) is 14.4 Å². The third kappa shape index (κ3) is 46.2. The first-order valence-corrected chi connectivity index (χ1v) is 27.7. The van der Waals surface area contributed by atoms with Gasteiger partial charge in [0, 0.05) is 19.3 Å². The number of esters is 2. The topological polar surface area (TPSA) is 119 Å². The van der Waals surface area contributed by atoms with Crippen LogP contribution in [0.4, 0.5) is 0 Å². The van der Waals surface area contributed by atoms with Crippen molar-refractivity contribution in [3.8, 4) is 0 Å². The highest BCUT2D eigenvalue weighted by Crippen LogP contribution is 2.18. The first-order valence-electron chi connectivity index (χ1n) is 27.7. The average molecular weight is 892 g/mol. The Labute approximate surface area is 390 Å². The molecule has 2 atom stereocenters. The third-order valence-electron chi connectivity index (χ3n) is 12.9. The lowest BCUT2D eigenvalue weighted by atomic mass is 10.0. The van der Waals surface area contributed by atoms with Crippen molar-refractivity contribution in [2.24, 2.45) is 0 Å². The molecule has 0 radical (unpaired) electrons. The van der Waals surface area contributed by atoms with E-state index in [-0.39, 0.29) is 30.9 Å². The van der Waals surface area contributed by atoms with E-state index in [1.165, 1.54) is 193 Å². The molecule has 2 unspecified atom stereocenters. The van der Waals surface area contributed by atoms with E-state index in [0.717, 1.165) is 57.8 Å². The van der Waals surface area contributed by atoms with E-state index in [1.807, 2.05) is 0 Å².